The number of rotatable bonds is 6. The molecule has 13 nitrogen and oxygen atoms in total. The molecule has 1 aliphatic rings. The number of nitrogens with zero attached hydrogens (tertiary/aromatic N) is 8. The Morgan fingerprint density at radius 2 is 2.09 bits per heavy atom. The summed E-state index contributed by atoms with van der Waals surface area (Å²) in [5.41, 5.74) is 2.52. The molecule has 0 unspecified atom stereocenters. The molecule has 4 aromatic heterocycles. The van der Waals surface area contributed by atoms with Gasteiger partial charge in [0, 0.05) is 11.8 Å². The fourth-order valence-corrected chi connectivity index (χ4v) is 3.55. The quantitative estimate of drug-likeness (QED) is 0.268. The van der Waals surface area contributed by atoms with Crippen molar-refractivity contribution in [1.29, 1.82) is 0 Å². The number of para-hydroxylation sites is 1. The molecule has 0 saturated heterocycles. The second-order valence-corrected chi connectivity index (χ2v) is 7.85. The van der Waals surface area contributed by atoms with Crippen molar-refractivity contribution in [2.24, 2.45) is 4.99 Å². The molecule has 1 aromatic carbocycles. The average Bonchev–Trinajstić information content (AvgIpc) is 3.20. The smallest absolute Gasteiger partial charge is 0.326 e. The van der Waals surface area contributed by atoms with Crippen molar-refractivity contribution in [3.8, 4) is 11.6 Å². The maximum atomic E-state index is 11.5. The molecule has 4 heterocycles. The average molecular weight is 457 g/mol. The topological polar surface area (TPSA) is 167 Å². The lowest BCUT2D eigenvalue weighted by Gasteiger charge is -2.10. The first-order chi connectivity index (χ1) is 16.6. The molecular formula is C21H19N11O2. The van der Waals surface area contributed by atoms with Gasteiger partial charge < -0.3 is 15.4 Å². The number of aromatic nitrogens is 9. The van der Waals surface area contributed by atoms with E-state index in [9.17, 15) is 9.90 Å². The molecule has 5 aromatic rings. The van der Waals surface area contributed by atoms with Gasteiger partial charge in [0.25, 0.3) is 5.62 Å². The molecule has 6 rings (SSSR count). The maximum absolute atomic E-state index is 11.5. The summed E-state index contributed by atoms with van der Waals surface area (Å²) < 4.78 is 3.25. The highest BCUT2D eigenvalue weighted by Crippen LogP contribution is 2.22. The van der Waals surface area contributed by atoms with Gasteiger partial charge in [-0.3, -0.25) is 4.98 Å². The molecule has 0 bridgehead atoms. The number of anilines is 1. The molecule has 170 valence electrons. The Morgan fingerprint density at radius 3 is 2.85 bits per heavy atom. The number of benzene rings is 1. The van der Waals surface area contributed by atoms with Gasteiger partial charge in [-0.1, -0.05) is 18.2 Å². The van der Waals surface area contributed by atoms with Crippen LogP contribution in [0.15, 0.2) is 52.9 Å². The van der Waals surface area contributed by atoms with Gasteiger partial charge in [0.1, 0.15) is 18.3 Å². The Labute approximate surface area is 190 Å². The summed E-state index contributed by atoms with van der Waals surface area (Å²) in [4.78, 5) is 34.2. The second kappa shape index (κ2) is 7.95. The van der Waals surface area contributed by atoms with Crippen LogP contribution in [0, 0.1) is 0 Å². The Morgan fingerprint density at radius 1 is 1.21 bits per heavy atom. The lowest BCUT2D eigenvalue weighted by molar-refractivity contribution is 0.454. The highest BCUT2D eigenvalue weighted by Gasteiger charge is 2.21. The van der Waals surface area contributed by atoms with Crippen LogP contribution in [0.2, 0.25) is 0 Å². The highest BCUT2D eigenvalue weighted by molar-refractivity contribution is 5.57. The van der Waals surface area contributed by atoms with Crippen molar-refractivity contribution in [3.05, 3.63) is 75.7 Å². The van der Waals surface area contributed by atoms with E-state index in [1.807, 2.05) is 24.3 Å². The third kappa shape index (κ3) is 3.79. The van der Waals surface area contributed by atoms with Crippen molar-refractivity contribution >= 4 is 17.7 Å². The number of aromatic hydroxyl groups is 1. The zero-order valence-electron chi connectivity index (χ0n) is 17.8. The number of nitrogens with one attached hydrogen (secondary N) is 3. The third-order valence-corrected chi connectivity index (χ3v) is 5.35. The van der Waals surface area contributed by atoms with E-state index in [-0.39, 0.29) is 17.6 Å². The van der Waals surface area contributed by atoms with E-state index in [0.717, 1.165) is 24.1 Å². The van der Waals surface area contributed by atoms with Gasteiger partial charge in [0.2, 0.25) is 11.8 Å². The summed E-state index contributed by atoms with van der Waals surface area (Å²) in [6.45, 7) is 0.439. The van der Waals surface area contributed by atoms with Gasteiger partial charge in [-0.05, 0) is 30.5 Å². The maximum Gasteiger partial charge on any atom is 0.326 e. The zero-order valence-corrected chi connectivity index (χ0v) is 17.8. The third-order valence-electron chi connectivity index (χ3n) is 5.35. The van der Waals surface area contributed by atoms with Crippen LogP contribution in [-0.2, 0) is 6.54 Å². The molecule has 0 amide bonds. The number of hydrogen-bond donors (Lipinski definition) is 4. The molecule has 13 heteroatoms. The van der Waals surface area contributed by atoms with Crippen LogP contribution in [0.1, 0.15) is 24.1 Å². The fourth-order valence-electron chi connectivity index (χ4n) is 3.55. The molecule has 0 spiro atoms. The predicted octanol–water partition coefficient (Wildman–Crippen LogP) is -0.350. The lowest BCUT2D eigenvalue weighted by atomic mass is 10.2. The Kier molecular flexibility index (Phi) is 4.64. The normalized spacial score (nSPS) is 14.8. The summed E-state index contributed by atoms with van der Waals surface area (Å²) in [5, 5.41) is 22.4. The number of H-pyrrole nitrogens is 2. The molecule has 34 heavy (non-hydrogen) atoms. The molecular weight excluding hydrogens is 438 g/mol. The van der Waals surface area contributed by atoms with E-state index in [1.165, 1.54) is 6.33 Å². The molecule has 1 saturated carbocycles. The van der Waals surface area contributed by atoms with E-state index >= 15 is 0 Å². The number of imidazole rings is 1. The van der Waals surface area contributed by atoms with Gasteiger partial charge >= 0.3 is 5.69 Å². The highest BCUT2D eigenvalue weighted by atomic mass is 16.3. The van der Waals surface area contributed by atoms with Gasteiger partial charge in [-0.15, -0.1) is 0 Å². The van der Waals surface area contributed by atoms with Crippen LogP contribution < -0.4 is 21.8 Å². The van der Waals surface area contributed by atoms with E-state index in [2.05, 4.69) is 45.4 Å². The Bertz CT molecular complexity index is 1660. The number of hydrogen-bond acceptors (Lipinski definition) is 9. The second-order valence-electron chi connectivity index (χ2n) is 7.85. The number of fused-ring (bicyclic) bond motifs is 1. The Balaban J connectivity index is 1.41. The van der Waals surface area contributed by atoms with E-state index in [0.29, 0.717) is 29.0 Å². The van der Waals surface area contributed by atoms with Crippen molar-refractivity contribution in [3.63, 3.8) is 0 Å². The van der Waals surface area contributed by atoms with Gasteiger partial charge in [0.15, 0.2) is 5.65 Å². The summed E-state index contributed by atoms with van der Waals surface area (Å²) >= 11 is 0. The molecule has 0 aliphatic heterocycles. The molecule has 1 aliphatic carbocycles. The molecule has 0 atom stereocenters. The molecule has 4 N–H and O–H groups in total. The largest absolute Gasteiger partial charge is 0.493 e. The van der Waals surface area contributed by atoms with Crippen molar-refractivity contribution in [1.82, 2.24) is 44.3 Å². The van der Waals surface area contributed by atoms with Crippen molar-refractivity contribution in [2.45, 2.75) is 25.4 Å². The lowest BCUT2D eigenvalue weighted by Crippen LogP contribution is -2.25. The molecule has 1 fully saturated rings. The van der Waals surface area contributed by atoms with Gasteiger partial charge in [-0.25, -0.2) is 19.5 Å². The molecule has 0 radical (unpaired) electrons. The first-order valence-electron chi connectivity index (χ1n) is 10.6. The Hall–Kier alpha value is -4.81. The van der Waals surface area contributed by atoms with E-state index < -0.39 is 5.69 Å². The van der Waals surface area contributed by atoms with Crippen LogP contribution >= 0.6 is 0 Å². The minimum absolute atomic E-state index is 0.223. The number of aromatic amines is 2. The van der Waals surface area contributed by atoms with Crippen molar-refractivity contribution < 1.29 is 5.11 Å². The first-order valence-corrected chi connectivity index (χ1v) is 10.6. The first kappa shape index (κ1) is 19.8. The predicted molar refractivity (Wildman–Crippen MR) is 120 cm³/mol. The summed E-state index contributed by atoms with van der Waals surface area (Å²) in [7, 11) is 0. The van der Waals surface area contributed by atoms with Gasteiger partial charge in [0.05, 0.1) is 17.9 Å². The van der Waals surface area contributed by atoms with Crippen LogP contribution in [0.25, 0.3) is 17.4 Å². The van der Waals surface area contributed by atoms with Crippen LogP contribution in [-0.4, -0.2) is 55.5 Å². The zero-order chi connectivity index (χ0) is 23.1. The summed E-state index contributed by atoms with van der Waals surface area (Å²) in [5.74, 6) is 0.117. The summed E-state index contributed by atoms with van der Waals surface area (Å²) in [6.07, 6.45) is 8.33. The van der Waals surface area contributed by atoms with Crippen molar-refractivity contribution in [2.75, 3.05) is 5.32 Å². The van der Waals surface area contributed by atoms with Gasteiger partial charge in [-0.2, -0.15) is 24.7 Å². The van der Waals surface area contributed by atoms with E-state index in [1.54, 1.807) is 27.8 Å². The minimum Gasteiger partial charge on any atom is -0.493 e. The monoisotopic (exact) mass is 457 g/mol. The van der Waals surface area contributed by atoms with Crippen LogP contribution in [0.5, 0.6) is 5.88 Å². The standard InChI is InChI=1S/C21H19N11O2/c33-18-15(27-21(34)29-18)7-13-9-24-32-17(13)28-19(30-20(32)26-14-5-6-14)23-8-12-3-1-2-4-16(12)31-11-22-10-25-31/h1-4,7,9-11,14,33H,5-6,8H2,(H,23,26,30)(H2,27,29,34). The van der Waals surface area contributed by atoms with Crippen LogP contribution in [0.3, 0.4) is 0 Å². The fraction of sp³-hybridized carbons (Fsp3) is 0.190. The summed E-state index contributed by atoms with van der Waals surface area (Å²) in [6, 6.07) is 8.05. The minimum atomic E-state index is -0.507. The SMILES string of the molecule is O=c1[nH]c(O)c(C=c2cnn3c(=NC4CC4)nc(NCc4ccccc4-n4cncn4)nc23)[nH]1. The van der Waals surface area contributed by atoms with E-state index in [4.69, 9.17) is 0 Å². The van der Waals surface area contributed by atoms with Crippen LogP contribution in [0.4, 0.5) is 5.95 Å².